The number of nitrogens with zero attached hydrogens (tertiary/aromatic N) is 2. The standard InChI is InChI=1S/C24H36N2O2/c1-2-28-23(27)14-6-13-22-21-12-8-16-25-15-7-11-20(24(21)25)18-26(22)17-19-9-4-3-5-10-19/h3-5,9-10,20-22,24H,2,6-8,11-18H2,1H3/t20-,21+,22?,24-/m0/s1. The third kappa shape index (κ3) is 4.44. The molecule has 3 saturated heterocycles. The second-order valence-corrected chi connectivity index (χ2v) is 8.91. The van der Waals surface area contributed by atoms with Crippen LogP contribution >= 0.6 is 0 Å². The van der Waals surface area contributed by atoms with Crippen LogP contribution in [0.4, 0.5) is 0 Å². The molecule has 154 valence electrons. The Bertz CT molecular complexity index is 633. The van der Waals surface area contributed by atoms with E-state index in [0.717, 1.165) is 37.3 Å². The molecule has 0 spiro atoms. The number of carbonyl (C=O) groups is 1. The molecule has 3 aliphatic heterocycles. The first-order valence-corrected chi connectivity index (χ1v) is 11.4. The maximum Gasteiger partial charge on any atom is 0.305 e. The number of carbonyl (C=O) groups excluding carboxylic acids is 1. The van der Waals surface area contributed by atoms with Crippen LogP contribution in [0.1, 0.15) is 57.4 Å². The van der Waals surface area contributed by atoms with Gasteiger partial charge >= 0.3 is 5.97 Å². The van der Waals surface area contributed by atoms with E-state index in [2.05, 4.69) is 40.1 Å². The Kier molecular flexibility index (Phi) is 6.69. The molecule has 3 heterocycles. The lowest BCUT2D eigenvalue weighted by atomic mass is 9.69. The quantitative estimate of drug-likeness (QED) is 0.663. The highest BCUT2D eigenvalue weighted by atomic mass is 16.5. The van der Waals surface area contributed by atoms with Gasteiger partial charge in [0.1, 0.15) is 0 Å². The zero-order valence-electron chi connectivity index (χ0n) is 17.4. The summed E-state index contributed by atoms with van der Waals surface area (Å²) in [5, 5.41) is 0. The van der Waals surface area contributed by atoms with Crippen molar-refractivity contribution in [1.82, 2.24) is 9.80 Å². The number of likely N-dealkylation sites (tertiary alicyclic amines) is 1. The van der Waals surface area contributed by atoms with Gasteiger partial charge in [-0.1, -0.05) is 30.3 Å². The molecule has 1 aromatic rings. The van der Waals surface area contributed by atoms with Crippen LogP contribution in [-0.2, 0) is 16.1 Å². The molecule has 1 aromatic carbocycles. The lowest BCUT2D eigenvalue weighted by molar-refractivity contribution is -0.143. The number of hydrogen-bond donors (Lipinski definition) is 0. The Morgan fingerprint density at radius 2 is 1.93 bits per heavy atom. The molecule has 0 bridgehead atoms. The Hall–Kier alpha value is -1.39. The topological polar surface area (TPSA) is 32.8 Å². The Balaban J connectivity index is 1.49. The number of piperidine rings is 3. The molecule has 0 aliphatic carbocycles. The van der Waals surface area contributed by atoms with E-state index in [1.807, 2.05) is 6.92 Å². The average Bonchev–Trinajstić information content (AvgIpc) is 2.71. The lowest BCUT2D eigenvalue weighted by Gasteiger charge is -2.57. The lowest BCUT2D eigenvalue weighted by Crippen LogP contribution is -2.64. The second-order valence-electron chi connectivity index (χ2n) is 8.91. The highest BCUT2D eigenvalue weighted by Crippen LogP contribution is 2.43. The fourth-order valence-electron chi connectivity index (χ4n) is 6.17. The minimum Gasteiger partial charge on any atom is -0.466 e. The van der Waals surface area contributed by atoms with Crippen molar-refractivity contribution in [3.05, 3.63) is 35.9 Å². The largest absolute Gasteiger partial charge is 0.466 e. The van der Waals surface area contributed by atoms with E-state index in [0.29, 0.717) is 19.1 Å². The van der Waals surface area contributed by atoms with Crippen LogP contribution in [0.2, 0.25) is 0 Å². The third-order valence-electron chi connectivity index (χ3n) is 7.19. The molecule has 0 N–H and O–H groups in total. The monoisotopic (exact) mass is 384 g/mol. The molecule has 28 heavy (non-hydrogen) atoms. The first-order valence-electron chi connectivity index (χ1n) is 11.4. The highest BCUT2D eigenvalue weighted by Gasteiger charge is 2.48. The van der Waals surface area contributed by atoms with Gasteiger partial charge in [0.05, 0.1) is 6.61 Å². The summed E-state index contributed by atoms with van der Waals surface area (Å²) in [4.78, 5) is 17.4. The van der Waals surface area contributed by atoms with Crippen LogP contribution in [0.15, 0.2) is 30.3 Å². The van der Waals surface area contributed by atoms with Crippen LogP contribution in [0.3, 0.4) is 0 Å². The van der Waals surface area contributed by atoms with Gasteiger partial charge in [0.25, 0.3) is 0 Å². The van der Waals surface area contributed by atoms with E-state index >= 15 is 0 Å². The van der Waals surface area contributed by atoms with E-state index in [9.17, 15) is 4.79 Å². The number of benzene rings is 1. The Labute approximate surface area is 170 Å². The molecule has 0 saturated carbocycles. The number of ether oxygens (including phenoxy) is 1. The first kappa shape index (κ1) is 19.9. The summed E-state index contributed by atoms with van der Waals surface area (Å²) < 4.78 is 5.16. The fraction of sp³-hybridized carbons (Fsp3) is 0.708. The van der Waals surface area contributed by atoms with Gasteiger partial charge in [0, 0.05) is 31.6 Å². The van der Waals surface area contributed by atoms with Gasteiger partial charge in [-0.25, -0.2) is 0 Å². The van der Waals surface area contributed by atoms with E-state index < -0.39 is 0 Å². The van der Waals surface area contributed by atoms with Crippen molar-refractivity contribution in [3.63, 3.8) is 0 Å². The molecule has 4 heteroatoms. The molecular weight excluding hydrogens is 348 g/mol. The summed E-state index contributed by atoms with van der Waals surface area (Å²) in [6.45, 7) is 7.24. The Morgan fingerprint density at radius 3 is 2.71 bits per heavy atom. The minimum absolute atomic E-state index is 0.0336. The van der Waals surface area contributed by atoms with Crippen LogP contribution in [0.5, 0.6) is 0 Å². The fourth-order valence-corrected chi connectivity index (χ4v) is 6.17. The van der Waals surface area contributed by atoms with E-state index in [4.69, 9.17) is 4.74 Å². The molecule has 3 fully saturated rings. The summed E-state index contributed by atoms with van der Waals surface area (Å²) >= 11 is 0. The zero-order valence-corrected chi connectivity index (χ0v) is 17.4. The van der Waals surface area contributed by atoms with Crippen LogP contribution in [-0.4, -0.2) is 54.1 Å². The smallest absolute Gasteiger partial charge is 0.305 e. The van der Waals surface area contributed by atoms with Crippen LogP contribution in [0, 0.1) is 11.8 Å². The zero-order chi connectivity index (χ0) is 19.3. The number of hydrogen-bond acceptors (Lipinski definition) is 4. The average molecular weight is 385 g/mol. The normalized spacial score (nSPS) is 30.6. The highest BCUT2D eigenvalue weighted by molar-refractivity contribution is 5.69. The minimum atomic E-state index is -0.0336. The van der Waals surface area contributed by atoms with Crippen LogP contribution < -0.4 is 0 Å². The molecular formula is C24H36N2O2. The van der Waals surface area contributed by atoms with Crippen LogP contribution in [0.25, 0.3) is 0 Å². The summed E-state index contributed by atoms with van der Waals surface area (Å²) in [5.74, 6) is 1.55. The van der Waals surface area contributed by atoms with Gasteiger partial charge in [-0.15, -0.1) is 0 Å². The van der Waals surface area contributed by atoms with Crippen molar-refractivity contribution in [3.8, 4) is 0 Å². The van der Waals surface area contributed by atoms with Crippen molar-refractivity contribution in [1.29, 1.82) is 0 Å². The number of rotatable bonds is 7. The van der Waals surface area contributed by atoms with Gasteiger partial charge in [-0.3, -0.25) is 14.6 Å². The molecule has 3 aliphatic rings. The summed E-state index contributed by atoms with van der Waals surface area (Å²) in [6, 6.07) is 12.3. The second kappa shape index (κ2) is 9.41. The van der Waals surface area contributed by atoms with Gasteiger partial charge in [-0.05, 0) is 75.9 Å². The molecule has 0 aromatic heterocycles. The van der Waals surface area contributed by atoms with E-state index in [1.54, 1.807) is 0 Å². The van der Waals surface area contributed by atoms with Gasteiger partial charge < -0.3 is 4.74 Å². The SMILES string of the molecule is CCOC(=O)CCCC1[C@H]2CCCN3CCC[C@@H](CN1Cc1ccccc1)[C@@H]23. The molecule has 1 unspecified atom stereocenters. The molecule has 0 amide bonds. The van der Waals surface area contributed by atoms with Crippen molar-refractivity contribution in [2.75, 3.05) is 26.2 Å². The summed E-state index contributed by atoms with van der Waals surface area (Å²) in [5.41, 5.74) is 1.42. The summed E-state index contributed by atoms with van der Waals surface area (Å²) in [6.07, 6.45) is 8.07. The third-order valence-corrected chi connectivity index (χ3v) is 7.19. The molecule has 4 nitrogen and oxygen atoms in total. The maximum absolute atomic E-state index is 11.9. The van der Waals surface area contributed by atoms with Gasteiger partial charge in [0.2, 0.25) is 0 Å². The van der Waals surface area contributed by atoms with Gasteiger partial charge in [0.15, 0.2) is 0 Å². The van der Waals surface area contributed by atoms with E-state index in [1.165, 1.54) is 50.9 Å². The predicted octanol–water partition coefficient (Wildman–Crippen LogP) is 4.09. The maximum atomic E-state index is 11.9. The molecule has 4 rings (SSSR count). The first-order chi connectivity index (χ1) is 13.8. The molecule has 4 atom stereocenters. The van der Waals surface area contributed by atoms with Crippen molar-refractivity contribution >= 4 is 5.97 Å². The predicted molar refractivity (Wildman–Crippen MR) is 112 cm³/mol. The Morgan fingerprint density at radius 1 is 1.14 bits per heavy atom. The van der Waals surface area contributed by atoms with Crippen molar-refractivity contribution in [2.24, 2.45) is 11.8 Å². The van der Waals surface area contributed by atoms with Crippen molar-refractivity contribution < 1.29 is 9.53 Å². The molecule has 0 radical (unpaired) electrons. The summed E-state index contributed by atoms with van der Waals surface area (Å²) in [7, 11) is 0. The van der Waals surface area contributed by atoms with Gasteiger partial charge in [-0.2, -0.15) is 0 Å². The van der Waals surface area contributed by atoms with E-state index in [-0.39, 0.29) is 5.97 Å². The number of esters is 1. The van der Waals surface area contributed by atoms with Crippen molar-refractivity contribution in [2.45, 2.75) is 70.5 Å².